The monoisotopic (exact) mass is 284 g/mol. The molecule has 1 aromatic heterocycles. The predicted octanol–water partition coefficient (Wildman–Crippen LogP) is 1.30. The van der Waals surface area contributed by atoms with Crippen LogP contribution in [-0.4, -0.2) is 40.1 Å². The third kappa shape index (κ3) is 2.52. The minimum Gasteiger partial charge on any atom is -0.341 e. The molecule has 0 aliphatic carbocycles. The summed E-state index contributed by atoms with van der Waals surface area (Å²) in [5.41, 5.74) is 2.79. The molecule has 3 rings (SSSR count). The third-order valence-electron chi connectivity index (χ3n) is 3.63. The highest BCUT2D eigenvalue weighted by Crippen LogP contribution is 2.22. The van der Waals surface area contributed by atoms with Gasteiger partial charge in [-0.3, -0.25) is 14.3 Å². The molecule has 0 unspecified atom stereocenters. The van der Waals surface area contributed by atoms with E-state index in [-0.39, 0.29) is 11.8 Å². The molecule has 1 aliphatic rings. The Bertz CT molecular complexity index is 720. The zero-order valence-electron chi connectivity index (χ0n) is 12.0. The van der Waals surface area contributed by atoms with Crippen molar-refractivity contribution in [1.82, 2.24) is 14.7 Å². The smallest absolute Gasteiger partial charge is 0.258 e. The molecular formula is C15H16N4O2. The number of aryl methyl sites for hydroxylation is 1. The summed E-state index contributed by atoms with van der Waals surface area (Å²) in [7, 11) is 3.54. The number of fused-ring (bicyclic) bond motifs is 1. The fourth-order valence-electron chi connectivity index (χ4n) is 2.41. The lowest BCUT2D eigenvalue weighted by Gasteiger charge is -2.25. The Kier molecular flexibility index (Phi) is 3.21. The molecule has 1 aliphatic heterocycles. The van der Waals surface area contributed by atoms with Crippen molar-refractivity contribution in [3.63, 3.8) is 0 Å². The molecule has 2 amide bonds. The number of nitrogens with one attached hydrogen (secondary N) is 1. The topological polar surface area (TPSA) is 67.2 Å². The number of amides is 2. The number of carbonyl (C=O) groups excluding carboxylic acids is 2. The standard InChI is InChI=1S/C15H16N4O2/c1-18-6-5-10-3-4-12(7-13(10)15(18)21)17-14(20)11-8-16-19(2)9-11/h3-4,7-9H,5-6H2,1-2H3,(H,17,20). The van der Waals surface area contributed by atoms with Crippen molar-refractivity contribution in [2.45, 2.75) is 6.42 Å². The minimum absolute atomic E-state index is 0.00581. The number of likely N-dealkylation sites (N-methyl/N-ethyl adjacent to an activating group) is 1. The first-order chi connectivity index (χ1) is 10.0. The van der Waals surface area contributed by atoms with Crippen LogP contribution in [0.15, 0.2) is 30.6 Å². The molecule has 0 atom stereocenters. The van der Waals surface area contributed by atoms with Gasteiger partial charge in [-0.1, -0.05) is 6.07 Å². The van der Waals surface area contributed by atoms with Crippen LogP contribution < -0.4 is 5.32 Å². The van der Waals surface area contributed by atoms with E-state index in [1.165, 1.54) is 6.20 Å². The highest BCUT2D eigenvalue weighted by molar-refractivity contribution is 6.05. The number of hydrogen-bond donors (Lipinski definition) is 1. The molecule has 0 fully saturated rings. The maximum Gasteiger partial charge on any atom is 0.258 e. The maximum atomic E-state index is 12.1. The van der Waals surface area contributed by atoms with E-state index in [9.17, 15) is 9.59 Å². The fourth-order valence-corrected chi connectivity index (χ4v) is 2.41. The number of rotatable bonds is 2. The van der Waals surface area contributed by atoms with Crippen LogP contribution >= 0.6 is 0 Å². The van der Waals surface area contributed by atoms with Gasteiger partial charge in [0.1, 0.15) is 0 Å². The van der Waals surface area contributed by atoms with Crippen LogP contribution in [-0.2, 0) is 13.5 Å². The molecule has 0 radical (unpaired) electrons. The highest BCUT2D eigenvalue weighted by Gasteiger charge is 2.22. The van der Waals surface area contributed by atoms with Crippen molar-refractivity contribution < 1.29 is 9.59 Å². The summed E-state index contributed by atoms with van der Waals surface area (Å²) in [6.45, 7) is 0.729. The van der Waals surface area contributed by atoms with Gasteiger partial charge in [0, 0.05) is 38.1 Å². The Labute approximate surface area is 122 Å². The van der Waals surface area contributed by atoms with Crippen molar-refractivity contribution in [2.24, 2.45) is 7.05 Å². The summed E-state index contributed by atoms with van der Waals surface area (Å²) in [4.78, 5) is 25.9. The molecule has 2 aromatic rings. The van der Waals surface area contributed by atoms with Crippen molar-refractivity contribution >= 4 is 17.5 Å². The summed E-state index contributed by atoms with van der Waals surface area (Å²) >= 11 is 0. The van der Waals surface area contributed by atoms with E-state index in [0.29, 0.717) is 16.8 Å². The summed E-state index contributed by atoms with van der Waals surface area (Å²) in [5, 5.41) is 6.76. The first-order valence-electron chi connectivity index (χ1n) is 6.73. The van der Waals surface area contributed by atoms with Gasteiger partial charge in [0.25, 0.3) is 11.8 Å². The van der Waals surface area contributed by atoms with Gasteiger partial charge in [-0.05, 0) is 24.1 Å². The summed E-state index contributed by atoms with van der Waals surface area (Å²) in [6.07, 6.45) is 3.99. The average Bonchev–Trinajstić information content (AvgIpc) is 2.90. The number of benzene rings is 1. The quantitative estimate of drug-likeness (QED) is 0.904. The summed E-state index contributed by atoms with van der Waals surface area (Å²) < 4.78 is 1.57. The van der Waals surface area contributed by atoms with Crippen LogP contribution in [0.4, 0.5) is 5.69 Å². The van der Waals surface area contributed by atoms with E-state index >= 15 is 0 Å². The van der Waals surface area contributed by atoms with E-state index < -0.39 is 0 Å². The molecule has 0 saturated heterocycles. The summed E-state index contributed by atoms with van der Waals surface area (Å²) in [5.74, 6) is -0.242. The van der Waals surface area contributed by atoms with E-state index in [1.54, 1.807) is 35.9 Å². The largest absolute Gasteiger partial charge is 0.341 e. The molecule has 1 aromatic carbocycles. The van der Waals surface area contributed by atoms with Gasteiger partial charge in [0.15, 0.2) is 0 Å². The lowest BCUT2D eigenvalue weighted by Crippen LogP contribution is -2.34. The second-order valence-electron chi connectivity index (χ2n) is 5.21. The Morgan fingerprint density at radius 1 is 1.33 bits per heavy atom. The lowest BCUT2D eigenvalue weighted by molar-refractivity contribution is 0.0780. The normalized spacial score (nSPS) is 14.0. The van der Waals surface area contributed by atoms with Gasteiger partial charge >= 0.3 is 0 Å². The van der Waals surface area contributed by atoms with Crippen LogP contribution in [0, 0.1) is 0 Å². The van der Waals surface area contributed by atoms with Crippen LogP contribution in [0.25, 0.3) is 0 Å². The number of aromatic nitrogens is 2. The first-order valence-corrected chi connectivity index (χ1v) is 6.73. The van der Waals surface area contributed by atoms with Crippen LogP contribution in [0.1, 0.15) is 26.3 Å². The Morgan fingerprint density at radius 2 is 2.14 bits per heavy atom. The van der Waals surface area contributed by atoms with Crippen LogP contribution in [0.3, 0.4) is 0 Å². The number of nitrogens with zero attached hydrogens (tertiary/aromatic N) is 3. The van der Waals surface area contributed by atoms with E-state index in [1.807, 2.05) is 12.1 Å². The highest BCUT2D eigenvalue weighted by atomic mass is 16.2. The fraction of sp³-hybridized carbons (Fsp3) is 0.267. The number of carbonyl (C=O) groups is 2. The van der Waals surface area contributed by atoms with Gasteiger partial charge in [0.05, 0.1) is 11.8 Å². The van der Waals surface area contributed by atoms with E-state index in [2.05, 4.69) is 10.4 Å². The van der Waals surface area contributed by atoms with Crippen molar-refractivity contribution in [2.75, 3.05) is 18.9 Å². The molecule has 21 heavy (non-hydrogen) atoms. The lowest BCUT2D eigenvalue weighted by atomic mass is 9.98. The van der Waals surface area contributed by atoms with Crippen LogP contribution in [0.2, 0.25) is 0 Å². The van der Waals surface area contributed by atoms with Crippen molar-refractivity contribution in [1.29, 1.82) is 0 Å². The van der Waals surface area contributed by atoms with Gasteiger partial charge < -0.3 is 10.2 Å². The Balaban J connectivity index is 1.84. The third-order valence-corrected chi connectivity index (χ3v) is 3.63. The predicted molar refractivity (Wildman–Crippen MR) is 78.3 cm³/mol. The molecule has 2 heterocycles. The second-order valence-corrected chi connectivity index (χ2v) is 5.21. The molecule has 6 nitrogen and oxygen atoms in total. The van der Waals surface area contributed by atoms with E-state index in [0.717, 1.165) is 18.5 Å². The number of hydrogen-bond acceptors (Lipinski definition) is 3. The zero-order valence-corrected chi connectivity index (χ0v) is 12.0. The van der Waals surface area contributed by atoms with E-state index in [4.69, 9.17) is 0 Å². The van der Waals surface area contributed by atoms with Crippen LogP contribution in [0.5, 0.6) is 0 Å². The molecule has 0 spiro atoms. The maximum absolute atomic E-state index is 12.1. The second kappa shape index (κ2) is 5.05. The molecule has 1 N–H and O–H groups in total. The summed E-state index contributed by atoms with van der Waals surface area (Å²) in [6, 6.07) is 5.46. The molecule has 0 saturated carbocycles. The molecule has 0 bridgehead atoms. The zero-order chi connectivity index (χ0) is 15.0. The minimum atomic E-state index is -0.236. The number of anilines is 1. The van der Waals surface area contributed by atoms with Gasteiger partial charge in [0.2, 0.25) is 0 Å². The Hall–Kier alpha value is -2.63. The molecule has 6 heteroatoms. The van der Waals surface area contributed by atoms with Gasteiger partial charge in [-0.15, -0.1) is 0 Å². The van der Waals surface area contributed by atoms with Gasteiger partial charge in [-0.25, -0.2) is 0 Å². The van der Waals surface area contributed by atoms with Crippen molar-refractivity contribution in [3.8, 4) is 0 Å². The Morgan fingerprint density at radius 3 is 2.86 bits per heavy atom. The average molecular weight is 284 g/mol. The first kappa shape index (κ1) is 13.4. The SMILES string of the molecule is CN1CCc2ccc(NC(=O)c3cnn(C)c3)cc2C1=O. The van der Waals surface area contributed by atoms with Crippen molar-refractivity contribution in [3.05, 3.63) is 47.3 Å². The molecule has 108 valence electrons. The molecular weight excluding hydrogens is 268 g/mol. The van der Waals surface area contributed by atoms with Gasteiger partial charge in [-0.2, -0.15) is 5.10 Å².